The third kappa shape index (κ3) is 2.94. The van der Waals surface area contributed by atoms with Crippen LogP contribution in [-0.4, -0.2) is 47.1 Å². The normalized spacial score (nSPS) is 22.7. The van der Waals surface area contributed by atoms with Crippen molar-refractivity contribution in [2.45, 2.75) is 18.5 Å². The van der Waals surface area contributed by atoms with Crippen LogP contribution in [0.5, 0.6) is 0 Å². The molecule has 0 amide bonds. The number of thiazole rings is 1. The molecule has 19 heavy (non-hydrogen) atoms. The van der Waals surface area contributed by atoms with Crippen molar-refractivity contribution < 1.29 is 0 Å². The summed E-state index contributed by atoms with van der Waals surface area (Å²) in [4.78, 5) is 7.08. The minimum Gasteiger partial charge on any atom is -0.326 e. The molecule has 1 aromatic heterocycles. The molecule has 2 aromatic rings. The van der Waals surface area contributed by atoms with Gasteiger partial charge in [0.25, 0.3) is 0 Å². The van der Waals surface area contributed by atoms with Crippen LogP contribution >= 0.6 is 23.1 Å². The van der Waals surface area contributed by atoms with Crippen LogP contribution in [0.3, 0.4) is 0 Å². The van der Waals surface area contributed by atoms with Gasteiger partial charge in [-0.1, -0.05) is 12.1 Å². The van der Waals surface area contributed by atoms with Gasteiger partial charge >= 0.3 is 0 Å². The van der Waals surface area contributed by atoms with Gasteiger partial charge in [0.1, 0.15) is 0 Å². The third-order valence-electron chi connectivity index (χ3n) is 3.69. The maximum atomic E-state index is 6.40. The zero-order valence-corrected chi connectivity index (χ0v) is 12.7. The molecule has 5 heteroatoms. The lowest BCUT2D eigenvalue weighted by Crippen LogP contribution is -2.51. The lowest BCUT2D eigenvalue weighted by molar-refractivity contribution is 0.235. The molecule has 2 atom stereocenters. The van der Waals surface area contributed by atoms with Crippen LogP contribution in [-0.2, 0) is 6.42 Å². The summed E-state index contributed by atoms with van der Waals surface area (Å²) in [5, 5.41) is 1.16. The first-order valence-corrected chi connectivity index (χ1v) is 8.59. The first kappa shape index (κ1) is 13.4. The van der Waals surface area contributed by atoms with Gasteiger partial charge in [0.15, 0.2) is 0 Å². The van der Waals surface area contributed by atoms with Crippen LogP contribution in [0.1, 0.15) is 5.01 Å². The average molecular weight is 293 g/mol. The summed E-state index contributed by atoms with van der Waals surface area (Å²) < 4.78 is 1.26. The molecule has 0 radical (unpaired) electrons. The number of hydrogen-bond acceptors (Lipinski definition) is 5. The number of likely N-dealkylation sites (N-methyl/N-ethyl adjacent to an activating group) is 1. The van der Waals surface area contributed by atoms with Crippen molar-refractivity contribution in [2.24, 2.45) is 5.73 Å². The molecule has 2 N–H and O–H groups in total. The maximum absolute atomic E-state index is 6.40. The van der Waals surface area contributed by atoms with Gasteiger partial charge in [-0.3, -0.25) is 0 Å². The van der Waals surface area contributed by atoms with Gasteiger partial charge in [-0.2, -0.15) is 11.8 Å². The first-order chi connectivity index (χ1) is 9.24. The van der Waals surface area contributed by atoms with E-state index in [1.165, 1.54) is 10.5 Å². The Morgan fingerprint density at radius 3 is 3.11 bits per heavy atom. The number of hydrogen-bond donors (Lipinski definition) is 1. The lowest BCUT2D eigenvalue weighted by Gasteiger charge is -2.35. The highest BCUT2D eigenvalue weighted by Gasteiger charge is 2.26. The molecule has 1 saturated heterocycles. The number of nitrogens with two attached hydrogens (primary N) is 1. The second-order valence-electron chi connectivity index (χ2n) is 5.07. The first-order valence-electron chi connectivity index (χ1n) is 6.62. The van der Waals surface area contributed by atoms with E-state index >= 15 is 0 Å². The molecule has 3 nitrogen and oxygen atoms in total. The zero-order chi connectivity index (χ0) is 13.2. The summed E-state index contributed by atoms with van der Waals surface area (Å²) >= 11 is 3.79. The van der Waals surface area contributed by atoms with Crippen LogP contribution < -0.4 is 5.73 Å². The summed E-state index contributed by atoms with van der Waals surface area (Å²) in [5.74, 6) is 2.36. The lowest BCUT2D eigenvalue weighted by atomic mass is 10.1. The van der Waals surface area contributed by atoms with Crippen LogP contribution in [0.15, 0.2) is 24.3 Å². The minimum atomic E-state index is 0.179. The van der Waals surface area contributed by atoms with Crippen LogP contribution in [0, 0.1) is 0 Å². The molecule has 1 fully saturated rings. The summed E-state index contributed by atoms with van der Waals surface area (Å²) in [6.07, 6.45) is 0.884. The van der Waals surface area contributed by atoms with E-state index in [1.807, 2.05) is 17.8 Å². The number of aromatic nitrogens is 1. The van der Waals surface area contributed by atoms with Gasteiger partial charge in [-0.05, 0) is 19.2 Å². The Morgan fingerprint density at radius 1 is 1.47 bits per heavy atom. The monoisotopic (exact) mass is 293 g/mol. The second-order valence-corrected chi connectivity index (χ2v) is 7.33. The Kier molecular flexibility index (Phi) is 4.07. The van der Waals surface area contributed by atoms with Crippen molar-refractivity contribution in [3.05, 3.63) is 29.3 Å². The van der Waals surface area contributed by atoms with E-state index in [1.54, 1.807) is 11.3 Å². The maximum Gasteiger partial charge on any atom is 0.0954 e. The van der Waals surface area contributed by atoms with Crippen molar-refractivity contribution in [3.8, 4) is 0 Å². The molecule has 0 saturated carbocycles. The Bertz CT molecular complexity index is 521. The van der Waals surface area contributed by atoms with Gasteiger partial charge in [0.2, 0.25) is 0 Å². The fraction of sp³-hybridized carbons (Fsp3) is 0.500. The van der Waals surface area contributed by atoms with E-state index in [0.717, 1.165) is 29.2 Å². The van der Waals surface area contributed by atoms with E-state index in [9.17, 15) is 0 Å². The number of rotatable bonds is 3. The number of para-hydroxylation sites is 1. The van der Waals surface area contributed by atoms with Gasteiger partial charge in [-0.15, -0.1) is 11.3 Å². The SMILES string of the molecule is CN1CCSCC1C(N)Cc1nc2ccccc2s1. The predicted molar refractivity (Wildman–Crippen MR) is 85.0 cm³/mol. The molecule has 0 aliphatic carbocycles. The molecule has 102 valence electrons. The van der Waals surface area contributed by atoms with Crippen LogP contribution in [0.4, 0.5) is 0 Å². The quantitative estimate of drug-likeness (QED) is 0.942. The third-order valence-corrected chi connectivity index (χ3v) is 5.79. The zero-order valence-electron chi connectivity index (χ0n) is 11.1. The Balaban J connectivity index is 1.73. The van der Waals surface area contributed by atoms with E-state index in [4.69, 9.17) is 5.73 Å². The molecule has 1 aromatic carbocycles. The summed E-state index contributed by atoms with van der Waals surface area (Å²) in [7, 11) is 2.18. The van der Waals surface area contributed by atoms with Crippen molar-refractivity contribution in [1.82, 2.24) is 9.88 Å². The van der Waals surface area contributed by atoms with Crippen LogP contribution in [0.2, 0.25) is 0 Å². The molecule has 3 rings (SSSR count). The van der Waals surface area contributed by atoms with Crippen molar-refractivity contribution in [3.63, 3.8) is 0 Å². The standard InChI is InChI=1S/C14H19N3S2/c1-17-6-7-18-9-12(17)10(15)8-14-16-11-4-2-3-5-13(11)19-14/h2-5,10,12H,6-9,15H2,1H3. The fourth-order valence-corrected chi connectivity index (χ4v) is 4.87. The highest BCUT2D eigenvalue weighted by atomic mass is 32.2. The van der Waals surface area contributed by atoms with E-state index < -0.39 is 0 Å². The van der Waals surface area contributed by atoms with Crippen molar-refractivity contribution in [1.29, 1.82) is 0 Å². The smallest absolute Gasteiger partial charge is 0.0954 e. The van der Waals surface area contributed by atoms with Crippen molar-refractivity contribution >= 4 is 33.3 Å². The number of benzene rings is 1. The highest BCUT2D eigenvalue weighted by molar-refractivity contribution is 7.99. The fourth-order valence-electron chi connectivity index (χ4n) is 2.50. The summed E-state index contributed by atoms with van der Waals surface area (Å²) in [5.41, 5.74) is 7.50. The molecular formula is C14H19N3S2. The molecule has 2 unspecified atom stereocenters. The largest absolute Gasteiger partial charge is 0.326 e. The predicted octanol–water partition coefficient (Wildman–Crippen LogP) is 2.21. The van der Waals surface area contributed by atoms with Crippen molar-refractivity contribution in [2.75, 3.05) is 25.1 Å². The molecular weight excluding hydrogens is 274 g/mol. The van der Waals surface area contributed by atoms with Crippen LogP contribution in [0.25, 0.3) is 10.2 Å². The molecule has 1 aliphatic heterocycles. The summed E-state index contributed by atoms with van der Waals surface area (Å²) in [6.45, 7) is 1.14. The molecule has 0 bridgehead atoms. The number of fused-ring (bicyclic) bond motifs is 1. The minimum absolute atomic E-state index is 0.179. The molecule has 2 heterocycles. The van der Waals surface area contributed by atoms with Gasteiger partial charge in [0.05, 0.1) is 15.2 Å². The highest BCUT2D eigenvalue weighted by Crippen LogP contribution is 2.24. The van der Waals surface area contributed by atoms with Gasteiger partial charge in [-0.25, -0.2) is 4.98 Å². The Labute approximate surface area is 122 Å². The number of thioether (sulfide) groups is 1. The second kappa shape index (κ2) is 5.79. The number of nitrogens with zero attached hydrogens (tertiary/aromatic N) is 2. The molecule has 1 aliphatic rings. The van der Waals surface area contributed by atoms with E-state index in [0.29, 0.717) is 6.04 Å². The van der Waals surface area contributed by atoms with E-state index in [-0.39, 0.29) is 6.04 Å². The Morgan fingerprint density at radius 2 is 2.32 bits per heavy atom. The van der Waals surface area contributed by atoms with E-state index in [2.05, 4.69) is 35.1 Å². The summed E-state index contributed by atoms with van der Waals surface area (Å²) in [6, 6.07) is 8.96. The molecule has 0 spiro atoms. The van der Waals surface area contributed by atoms with Gasteiger partial charge in [0, 0.05) is 36.6 Å². The topological polar surface area (TPSA) is 42.1 Å². The van der Waals surface area contributed by atoms with Gasteiger partial charge < -0.3 is 10.6 Å². The Hall–Kier alpha value is -0.620. The average Bonchev–Trinajstić information content (AvgIpc) is 2.81.